The van der Waals surface area contributed by atoms with Gasteiger partial charge in [-0.15, -0.1) is 0 Å². The minimum absolute atomic E-state index is 0.647. The van der Waals surface area contributed by atoms with Crippen molar-refractivity contribution in [3.63, 3.8) is 0 Å². The maximum atomic E-state index is 5.06. The van der Waals surface area contributed by atoms with Gasteiger partial charge >= 0.3 is 0 Å². The molecule has 254 valence electrons. The van der Waals surface area contributed by atoms with Crippen LogP contribution in [0.1, 0.15) is 0 Å². The van der Waals surface area contributed by atoms with Crippen molar-refractivity contribution in [1.29, 1.82) is 0 Å². The Labute approximate surface area is 315 Å². The predicted octanol–water partition coefficient (Wildman–Crippen LogP) is 12.5. The quantitative estimate of drug-likeness (QED) is 0.136. The van der Waals surface area contributed by atoms with Crippen molar-refractivity contribution in [2.45, 2.75) is 0 Å². The molecular formula is C50H29N5. The van der Waals surface area contributed by atoms with Crippen LogP contribution in [-0.4, -0.2) is 24.3 Å². The minimum Gasteiger partial charge on any atom is -0.308 e. The molecule has 0 atom stereocenters. The highest BCUT2D eigenvalue weighted by Gasteiger charge is 2.21. The molecule has 0 aliphatic heterocycles. The normalized spacial score (nSPS) is 12.0. The molecule has 0 radical (unpaired) electrons. The first-order valence-corrected chi connectivity index (χ1v) is 18.6. The first-order valence-electron chi connectivity index (χ1n) is 18.6. The Morgan fingerprint density at radius 1 is 0.382 bits per heavy atom. The lowest BCUT2D eigenvalue weighted by Gasteiger charge is -2.18. The molecule has 8 aromatic carbocycles. The average molecular weight is 700 g/mol. The molecule has 5 nitrogen and oxygen atoms in total. The predicted molar refractivity (Wildman–Crippen MR) is 227 cm³/mol. The largest absolute Gasteiger partial charge is 0.308 e. The molecule has 12 aromatic rings. The fourth-order valence-electron chi connectivity index (χ4n) is 8.82. The summed E-state index contributed by atoms with van der Waals surface area (Å²) in [4.78, 5) is 19.6. The van der Waals surface area contributed by atoms with Gasteiger partial charge in [-0.3, -0.25) is 4.98 Å². The van der Waals surface area contributed by atoms with Gasteiger partial charge in [-0.1, -0.05) is 127 Å². The van der Waals surface area contributed by atoms with Crippen molar-refractivity contribution in [3.8, 4) is 45.3 Å². The molecule has 4 heterocycles. The Kier molecular flexibility index (Phi) is 6.27. The second-order valence-corrected chi connectivity index (χ2v) is 14.2. The average Bonchev–Trinajstić information content (AvgIpc) is 3.59. The highest BCUT2D eigenvalue weighted by molar-refractivity contribution is 6.29. The maximum absolute atomic E-state index is 5.06. The van der Waals surface area contributed by atoms with Crippen molar-refractivity contribution in [3.05, 3.63) is 176 Å². The minimum atomic E-state index is 0.647. The fraction of sp³-hybridized carbons (Fsp3) is 0. The lowest BCUT2D eigenvalue weighted by atomic mass is 9.88. The van der Waals surface area contributed by atoms with Crippen LogP contribution in [0.15, 0.2) is 176 Å². The van der Waals surface area contributed by atoms with Gasteiger partial charge in [0.05, 0.1) is 16.6 Å². The number of hydrogen-bond donors (Lipinski definition) is 0. The Balaban J connectivity index is 1.13. The molecule has 0 unspecified atom stereocenters. The zero-order valence-electron chi connectivity index (χ0n) is 29.5. The first-order chi connectivity index (χ1) is 27.3. The van der Waals surface area contributed by atoms with Gasteiger partial charge in [-0.25, -0.2) is 15.0 Å². The van der Waals surface area contributed by atoms with E-state index in [4.69, 9.17) is 15.0 Å². The van der Waals surface area contributed by atoms with E-state index in [9.17, 15) is 0 Å². The number of aromatic nitrogens is 5. The zero-order chi connectivity index (χ0) is 36.0. The summed E-state index contributed by atoms with van der Waals surface area (Å²) in [5, 5.41) is 12.1. The van der Waals surface area contributed by atoms with Gasteiger partial charge in [-0.05, 0) is 74.5 Å². The van der Waals surface area contributed by atoms with Crippen LogP contribution in [0.25, 0.3) is 116 Å². The Hall–Kier alpha value is -7.50. The summed E-state index contributed by atoms with van der Waals surface area (Å²) in [7, 11) is 0. The molecule has 0 aliphatic rings. The standard InChI is InChI=1S/C50H29N5/c1-3-11-30(12-4-1)48-52-49(31-13-5-2-6-14-31)54-50(53-48)34-21-24-43-41(28-34)40-19-9-18-39-38-23-22-37(36-17-10-20-44(46(36)38)55(43)47(39)40)45-35-16-8-7-15-32(35)27-33-25-26-51-29-42(33)45/h1-29H. The van der Waals surface area contributed by atoms with Gasteiger partial charge in [0.25, 0.3) is 0 Å². The number of fused-ring (bicyclic) bond motifs is 7. The topological polar surface area (TPSA) is 56.0 Å². The van der Waals surface area contributed by atoms with E-state index >= 15 is 0 Å². The number of nitrogens with zero attached hydrogens (tertiary/aromatic N) is 5. The number of para-hydroxylation sites is 1. The third-order valence-corrected chi connectivity index (χ3v) is 11.2. The summed E-state index contributed by atoms with van der Waals surface area (Å²) >= 11 is 0. The smallest absolute Gasteiger partial charge is 0.164 e. The van der Waals surface area contributed by atoms with Gasteiger partial charge in [0, 0.05) is 56.0 Å². The highest BCUT2D eigenvalue weighted by Crippen LogP contribution is 2.46. The molecule has 4 aromatic heterocycles. The Morgan fingerprint density at radius 2 is 1.02 bits per heavy atom. The number of benzene rings is 8. The van der Waals surface area contributed by atoms with Crippen LogP contribution >= 0.6 is 0 Å². The second-order valence-electron chi connectivity index (χ2n) is 14.2. The molecular weight excluding hydrogens is 671 g/mol. The lowest BCUT2D eigenvalue weighted by molar-refractivity contribution is 1.07. The summed E-state index contributed by atoms with van der Waals surface area (Å²) in [6.07, 6.45) is 3.90. The third-order valence-electron chi connectivity index (χ3n) is 11.2. The fourth-order valence-corrected chi connectivity index (χ4v) is 8.82. The van der Waals surface area contributed by atoms with Gasteiger partial charge in [0.15, 0.2) is 17.5 Å². The number of rotatable bonds is 4. The third kappa shape index (κ3) is 4.41. The molecule has 0 fully saturated rings. The zero-order valence-corrected chi connectivity index (χ0v) is 29.5. The summed E-state index contributed by atoms with van der Waals surface area (Å²) in [6.45, 7) is 0. The van der Waals surface area contributed by atoms with Gasteiger partial charge in [0.1, 0.15) is 0 Å². The van der Waals surface area contributed by atoms with Gasteiger partial charge in [-0.2, -0.15) is 0 Å². The van der Waals surface area contributed by atoms with Crippen molar-refractivity contribution in [2.24, 2.45) is 0 Å². The van der Waals surface area contributed by atoms with Crippen LogP contribution in [0.4, 0.5) is 0 Å². The van der Waals surface area contributed by atoms with Crippen molar-refractivity contribution >= 4 is 70.4 Å². The van der Waals surface area contributed by atoms with Crippen molar-refractivity contribution in [1.82, 2.24) is 24.3 Å². The molecule has 0 N–H and O–H groups in total. The molecule has 0 saturated heterocycles. The molecule has 0 amide bonds. The molecule has 12 rings (SSSR count). The van der Waals surface area contributed by atoms with E-state index in [0.717, 1.165) is 33.0 Å². The SMILES string of the molecule is c1ccc(-c2nc(-c3ccccc3)nc(-c3ccc4c(c3)c3cccc5c6ccc(-c7c8ccccc8cc8ccncc78)c7cccc(c76)n4c53)n2)cc1. The van der Waals surface area contributed by atoms with Crippen LogP contribution < -0.4 is 0 Å². The molecule has 0 aliphatic carbocycles. The lowest BCUT2D eigenvalue weighted by Crippen LogP contribution is -2.00. The van der Waals surface area contributed by atoms with Gasteiger partial charge in [0.2, 0.25) is 0 Å². The van der Waals surface area contributed by atoms with E-state index in [1.165, 1.54) is 65.3 Å². The Morgan fingerprint density at radius 3 is 1.80 bits per heavy atom. The van der Waals surface area contributed by atoms with E-state index in [-0.39, 0.29) is 0 Å². The molecule has 0 saturated carbocycles. The molecule has 5 heteroatoms. The second kappa shape index (κ2) is 11.5. The van der Waals surface area contributed by atoms with Crippen LogP contribution in [-0.2, 0) is 0 Å². The first kappa shape index (κ1) is 30.0. The Bertz CT molecular complexity index is 3370. The van der Waals surface area contributed by atoms with Gasteiger partial charge < -0.3 is 4.40 Å². The highest BCUT2D eigenvalue weighted by atomic mass is 15.0. The van der Waals surface area contributed by atoms with Crippen LogP contribution in [0.2, 0.25) is 0 Å². The van der Waals surface area contributed by atoms with E-state index in [2.05, 4.69) is 113 Å². The van der Waals surface area contributed by atoms with Crippen LogP contribution in [0.3, 0.4) is 0 Å². The van der Waals surface area contributed by atoms with E-state index in [1.807, 2.05) is 73.1 Å². The number of pyridine rings is 2. The number of hydrogen-bond acceptors (Lipinski definition) is 4. The summed E-state index contributed by atoms with van der Waals surface area (Å²) < 4.78 is 2.46. The molecule has 0 bridgehead atoms. The summed E-state index contributed by atoms with van der Waals surface area (Å²) in [6, 6.07) is 58.1. The van der Waals surface area contributed by atoms with E-state index in [0.29, 0.717) is 17.5 Å². The maximum Gasteiger partial charge on any atom is 0.164 e. The van der Waals surface area contributed by atoms with Crippen LogP contribution in [0.5, 0.6) is 0 Å². The van der Waals surface area contributed by atoms with Crippen LogP contribution in [0, 0.1) is 0 Å². The van der Waals surface area contributed by atoms with E-state index in [1.54, 1.807) is 0 Å². The summed E-state index contributed by atoms with van der Waals surface area (Å²) in [5.74, 6) is 1.95. The molecule has 0 spiro atoms. The van der Waals surface area contributed by atoms with E-state index < -0.39 is 0 Å². The van der Waals surface area contributed by atoms with Crippen molar-refractivity contribution < 1.29 is 0 Å². The monoisotopic (exact) mass is 699 g/mol. The summed E-state index contributed by atoms with van der Waals surface area (Å²) in [5.41, 5.74) is 8.83. The molecule has 55 heavy (non-hydrogen) atoms. The van der Waals surface area contributed by atoms with Crippen molar-refractivity contribution in [2.75, 3.05) is 0 Å².